The van der Waals surface area contributed by atoms with Crippen molar-refractivity contribution < 1.29 is 18.0 Å². The quantitative estimate of drug-likeness (QED) is 0.678. The van der Waals surface area contributed by atoms with Crippen LogP contribution in [0.25, 0.3) is 0 Å². The number of carbonyl (C=O) groups is 2. The van der Waals surface area contributed by atoms with Crippen LogP contribution in [0.2, 0.25) is 0 Å². The second-order valence-electron chi connectivity index (χ2n) is 7.33. The molecule has 0 radical (unpaired) electrons. The highest BCUT2D eigenvalue weighted by molar-refractivity contribution is 7.89. The Labute approximate surface area is 153 Å². The number of nitrogens with zero attached hydrogens (tertiary/aromatic N) is 5. The van der Waals surface area contributed by atoms with Gasteiger partial charge >= 0.3 is 0 Å². The summed E-state index contributed by atoms with van der Waals surface area (Å²) in [7, 11) is 3.23. The van der Waals surface area contributed by atoms with E-state index in [1.54, 1.807) is 43.0 Å². The molecule has 0 unspecified atom stereocenters. The van der Waals surface area contributed by atoms with Gasteiger partial charge in [0.15, 0.2) is 5.82 Å². The predicted molar refractivity (Wildman–Crippen MR) is 94.8 cm³/mol. The molecule has 2 amide bonds. The SMILES string of the molecule is CN(C)C(=O)[C@]12CCS(=O)(=O)N(C)[C@@H]1CCN(C(=O)c1nccn1C)C2. The maximum Gasteiger partial charge on any atom is 0.289 e. The molecule has 0 aromatic carbocycles. The number of aromatic nitrogens is 2. The van der Waals surface area contributed by atoms with E-state index in [4.69, 9.17) is 0 Å². The monoisotopic (exact) mass is 383 g/mol. The lowest BCUT2D eigenvalue weighted by atomic mass is 9.72. The van der Waals surface area contributed by atoms with E-state index >= 15 is 0 Å². The van der Waals surface area contributed by atoms with Gasteiger partial charge in [-0.1, -0.05) is 0 Å². The minimum atomic E-state index is -3.37. The van der Waals surface area contributed by atoms with E-state index in [-0.39, 0.29) is 30.5 Å². The molecular weight excluding hydrogens is 358 g/mol. The maximum absolute atomic E-state index is 13.1. The zero-order valence-corrected chi connectivity index (χ0v) is 16.4. The molecular formula is C16H25N5O4S. The van der Waals surface area contributed by atoms with Crippen molar-refractivity contribution in [3.63, 3.8) is 0 Å². The summed E-state index contributed by atoms with van der Waals surface area (Å²) >= 11 is 0. The summed E-state index contributed by atoms with van der Waals surface area (Å²) in [6.45, 7) is 0.582. The smallest absolute Gasteiger partial charge is 0.289 e. The van der Waals surface area contributed by atoms with Gasteiger partial charge in [-0.15, -0.1) is 0 Å². The van der Waals surface area contributed by atoms with E-state index < -0.39 is 21.5 Å². The highest BCUT2D eigenvalue weighted by Gasteiger charge is 2.57. The molecule has 0 saturated carbocycles. The summed E-state index contributed by atoms with van der Waals surface area (Å²) in [4.78, 5) is 33.2. The first-order valence-corrected chi connectivity index (χ1v) is 10.1. The van der Waals surface area contributed by atoms with Gasteiger partial charge in [0.1, 0.15) is 0 Å². The lowest BCUT2D eigenvalue weighted by Gasteiger charge is -2.53. The third-order valence-corrected chi connectivity index (χ3v) is 7.45. The molecule has 2 saturated heterocycles. The molecule has 2 aliphatic heterocycles. The fraction of sp³-hybridized carbons (Fsp3) is 0.688. The van der Waals surface area contributed by atoms with E-state index in [9.17, 15) is 18.0 Å². The molecule has 2 fully saturated rings. The molecule has 3 heterocycles. The third-order valence-electron chi connectivity index (χ3n) is 5.60. The van der Waals surface area contributed by atoms with Gasteiger partial charge in [0, 0.05) is 59.7 Å². The van der Waals surface area contributed by atoms with Gasteiger partial charge in [-0.2, -0.15) is 0 Å². The third kappa shape index (κ3) is 2.81. The molecule has 26 heavy (non-hydrogen) atoms. The summed E-state index contributed by atoms with van der Waals surface area (Å²) in [5.41, 5.74) is -0.928. The number of imidazole rings is 1. The number of sulfonamides is 1. The summed E-state index contributed by atoms with van der Waals surface area (Å²) in [6, 6.07) is -0.443. The lowest BCUT2D eigenvalue weighted by molar-refractivity contribution is -0.147. The normalized spacial score (nSPS) is 28.5. The van der Waals surface area contributed by atoms with Crippen molar-refractivity contribution in [2.75, 3.05) is 40.0 Å². The molecule has 0 N–H and O–H groups in total. The van der Waals surface area contributed by atoms with E-state index in [0.717, 1.165) is 0 Å². The second kappa shape index (κ2) is 6.34. The molecule has 2 aliphatic rings. The van der Waals surface area contributed by atoms with Gasteiger partial charge in [-0.25, -0.2) is 17.7 Å². The topological polar surface area (TPSA) is 95.8 Å². The first-order chi connectivity index (χ1) is 12.1. The molecule has 0 aliphatic carbocycles. The van der Waals surface area contributed by atoms with Gasteiger partial charge in [0.2, 0.25) is 15.9 Å². The number of amides is 2. The van der Waals surface area contributed by atoms with Gasteiger partial charge in [-0.3, -0.25) is 9.59 Å². The van der Waals surface area contributed by atoms with Gasteiger partial charge in [0.05, 0.1) is 11.2 Å². The minimum Gasteiger partial charge on any atom is -0.348 e. The predicted octanol–water partition coefficient (Wildman–Crippen LogP) is -0.625. The molecule has 10 heteroatoms. The first kappa shape index (κ1) is 18.8. The number of likely N-dealkylation sites (tertiary alicyclic amines) is 1. The Balaban J connectivity index is 1.97. The van der Waals surface area contributed by atoms with E-state index in [1.807, 2.05) is 0 Å². The minimum absolute atomic E-state index is 0.0932. The Bertz CT molecular complexity index is 833. The number of hydrogen-bond acceptors (Lipinski definition) is 5. The van der Waals surface area contributed by atoms with Crippen molar-refractivity contribution in [1.29, 1.82) is 0 Å². The first-order valence-electron chi connectivity index (χ1n) is 8.54. The molecule has 2 atom stereocenters. The average molecular weight is 383 g/mol. The van der Waals surface area contributed by atoms with Crippen molar-refractivity contribution in [1.82, 2.24) is 23.7 Å². The fourth-order valence-electron chi connectivity index (χ4n) is 4.15. The Hall–Kier alpha value is -1.94. The summed E-state index contributed by atoms with van der Waals surface area (Å²) in [6.07, 6.45) is 3.89. The Morgan fingerprint density at radius 1 is 1.31 bits per heavy atom. The Kier molecular flexibility index (Phi) is 4.60. The maximum atomic E-state index is 13.1. The van der Waals surface area contributed by atoms with E-state index in [0.29, 0.717) is 18.8 Å². The number of piperidine rings is 1. The van der Waals surface area contributed by atoms with E-state index in [2.05, 4.69) is 4.98 Å². The van der Waals surface area contributed by atoms with E-state index in [1.165, 1.54) is 16.3 Å². The molecule has 1 aromatic rings. The summed E-state index contributed by atoms with van der Waals surface area (Å²) in [5.74, 6) is -0.156. The number of aryl methyl sites for hydroxylation is 1. The molecule has 1 aromatic heterocycles. The fourth-order valence-corrected chi connectivity index (χ4v) is 5.76. The van der Waals surface area contributed by atoms with Crippen LogP contribution in [0.15, 0.2) is 12.4 Å². The van der Waals surface area contributed by atoms with Gasteiger partial charge in [0.25, 0.3) is 5.91 Å². The summed E-state index contributed by atoms with van der Waals surface area (Å²) in [5, 5.41) is 0. The van der Waals surface area contributed by atoms with Crippen molar-refractivity contribution >= 4 is 21.8 Å². The molecule has 9 nitrogen and oxygen atoms in total. The van der Waals surface area contributed by atoms with Crippen molar-refractivity contribution in [3.05, 3.63) is 18.2 Å². The average Bonchev–Trinajstić information content (AvgIpc) is 3.02. The molecule has 0 bridgehead atoms. The number of hydrogen-bond donors (Lipinski definition) is 0. The Morgan fingerprint density at radius 2 is 2.00 bits per heavy atom. The van der Waals surface area contributed by atoms with Crippen LogP contribution in [0.3, 0.4) is 0 Å². The van der Waals surface area contributed by atoms with Crippen molar-refractivity contribution in [2.24, 2.45) is 12.5 Å². The van der Waals surface area contributed by atoms with Gasteiger partial charge < -0.3 is 14.4 Å². The Morgan fingerprint density at radius 3 is 2.58 bits per heavy atom. The van der Waals surface area contributed by atoms with Crippen LogP contribution in [0.4, 0.5) is 0 Å². The van der Waals surface area contributed by atoms with Crippen LogP contribution in [0, 0.1) is 5.41 Å². The van der Waals surface area contributed by atoms with Crippen molar-refractivity contribution in [3.8, 4) is 0 Å². The van der Waals surface area contributed by atoms with Crippen LogP contribution < -0.4 is 0 Å². The number of fused-ring (bicyclic) bond motifs is 1. The molecule has 0 spiro atoms. The van der Waals surface area contributed by atoms with Gasteiger partial charge in [-0.05, 0) is 12.8 Å². The number of carbonyl (C=O) groups excluding carboxylic acids is 2. The van der Waals surface area contributed by atoms with Crippen LogP contribution in [0.1, 0.15) is 23.5 Å². The highest BCUT2D eigenvalue weighted by atomic mass is 32.2. The van der Waals surface area contributed by atoms with Crippen molar-refractivity contribution in [2.45, 2.75) is 18.9 Å². The standard InChI is InChI=1S/C16H25N5O4S/c1-18(2)15(23)16-6-10-26(24,25)20(4)12(16)5-8-21(11-16)14(22)13-17-7-9-19(13)3/h7,9,12H,5-6,8,10-11H2,1-4H3/t12-,16+/m1/s1. The summed E-state index contributed by atoms with van der Waals surface area (Å²) < 4.78 is 27.6. The van der Waals surface area contributed by atoms with Crippen LogP contribution in [0.5, 0.6) is 0 Å². The molecule has 3 rings (SSSR count). The van der Waals surface area contributed by atoms with Crippen LogP contribution in [-0.2, 0) is 21.9 Å². The largest absolute Gasteiger partial charge is 0.348 e. The highest BCUT2D eigenvalue weighted by Crippen LogP contribution is 2.43. The molecule has 144 valence electrons. The second-order valence-corrected chi connectivity index (χ2v) is 9.48. The lowest BCUT2D eigenvalue weighted by Crippen LogP contribution is -2.67. The van der Waals surface area contributed by atoms with Crippen LogP contribution >= 0.6 is 0 Å². The number of rotatable bonds is 2. The zero-order chi connectivity index (χ0) is 19.3. The van der Waals surface area contributed by atoms with Crippen LogP contribution in [-0.4, -0.2) is 89.9 Å². The zero-order valence-electron chi connectivity index (χ0n) is 15.5.